The van der Waals surface area contributed by atoms with Crippen LogP contribution in [0.15, 0.2) is 0 Å². The zero-order valence-electron chi connectivity index (χ0n) is 5.83. The number of halogens is 1. The molecule has 0 spiro atoms. The van der Waals surface area contributed by atoms with Crippen LogP contribution in [0, 0.1) is 6.92 Å². The smallest absolute Gasteiger partial charge is 0.176 e. The molecule has 1 unspecified atom stereocenters. The normalized spacial score (nSPS) is 13.7. The summed E-state index contributed by atoms with van der Waals surface area (Å²) in [6, 6.07) is 0. The number of hydrogen-bond donors (Lipinski definition) is 0. The van der Waals surface area contributed by atoms with E-state index in [1.165, 1.54) is 14.2 Å². The summed E-state index contributed by atoms with van der Waals surface area (Å²) in [5.41, 5.74) is 0. The monoisotopic (exact) mass is 208 g/mol. The Bertz CT molecular complexity index is 112. The number of Topliss-reactive ketones (excluding diaryl/α,β-unsaturated/α-hetero) is 1. The lowest BCUT2D eigenvalue weighted by Gasteiger charge is -2.16. The number of ketones is 1. The maximum atomic E-state index is 10.5. The summed E-state index contributed by atoms with van der Waals surface area (Å²) in [6.45, 7) is 4.94. The highest BCUT2D eigenvalue weighted by molar-refractivity contribution is 9.10. The van der Waals surface area contributed by atoms with E-state index < -0.39 is 16.9 Å². The Morgan fingerprint density at radius 2 is 1.90 bits per heavy atom. The van der Waals surface area contributed by atoms with E-state index in [1.807, 2.05) is 0 Å². The first-order valence-corrected chi connectivity index (χ1v) is 3.54. The summed E-state index contributed by atoms with van der Waals surface area (Å²) in [6.07, 6.45) is -0.613. The quantitative estimate of drug-likeness (QED) is 0.503. The molecule has 0 saturated carbocycles. The van der Waals surface area contributed by atoms with Gasteiger partial charge in [0.1, 0.15) is 4.83 Å². The first-order valence-electron chi connectivity index (χ1n) is 2.62. The predicted molar refractivity (Wildman–Crippen MR) is 39.8 cm³/mol. The van der Waals surface area contributed by atoms with Gasteiger partial charge in [0, 0.05) is 21.1 Å². The van der Waals surface area contributed by atoms with Crippen LogP contribution in [0.3, 0.4) is 0 Å². The van der Waals surface area contributed by atoms with E-state index in [-0.39, 0.29) is 0 Å². The fourth-order valence-corrected chi connectivity index (χ4v) is 0.901. The molecule has 0 aromatic heterocycles. The molecule has 4 heteroatoms. The van der Waals surface area contributed by atoms with E-state index in [2.05, 4.69) is 15.9 Å². The van der Waals surface area contributed by atoms with E-state index >= 15 is 0 Å². The first kappa shape index (κ1) is 10.1. The molecule has 0 aliphatic carbocycles. The minimum Gasteiger partial charge on any atom is -0.354 e. The summed E-state index contributed by atoms with van der Waals surface area (Å²) in [7, 11) is 2.87. The van der Waals surface area contributed by atoms with Gasteiger partial charge in [-0.2, -0.15) is 0 Å². The molecule has 0 aromatic carbocycles. The molecule has 0 saturated heterocycles. The van der Waals surface area contributed by atoms with Crippen LogP contribution in [0.4, 0.5) is 0 Å². The van der Waals surface area contributed by atoms with Crippen LogP contribution in [0.1, 0.15) is 0 Å². The molecule has 0 rings (SSSR count). The van der Waals surface area contributed by atoms with Gasteiger partial charge in [-0.15, -0.1) is 0 Å². The molecule has 1 atom stereocenters. The van der Waals surface area contributed by atoms with Crippen LogP contribution in [0.2, 0.25) is 0 Å². The van der Waals surface area contributed by atoms with Gasteiger partial charge >= 0.3 is 0 Å². The number of methoxy groups -OCH3 is 2. The number of alkyl halides is 1. The van der Waals surface area contributed by atoms with Gasteiger partial charge in [0.05, 0.1) is 0 Å². The Labute approximate surface area is 68.8 Å². The first-order chi connectivity index (χ1) is 4.63. The molecule has 0 heterocycles. The maximum absolute atomic E-state index is 10.5. The topological polar surface area (TPSA) is 35.5 Å². The van der Waals surface area contributed by atoms with Gasteiger partial charge in [-0.05, 0) is 0 Å². The summed E-state index contributed by atoms with van der Waals surface area (Å²) in [5, 5.41) is 0. The van der Waals surface area contributed by atoms with Crippen molar-refractivity contribution < 1.29 is 14.3 Å². The van der Waals surface area contributed by atoms with Crippen molar-refractivity contribution in [2.24, 2.45) is 0 Å². The summed E-state index contributed by atoms with van der Waals surface area (Å²) in [4.78, 5) is 9.88. The van der Waals surface area contributed by atoms with E-state index in [1.54, 1.807) is 0 Å². The third-order valence-electron chi connectivity index (χ3n) is 0.975. The second-order valence-electron chi connectivity index (χ2n) is 1.64. The third kappa shape index (κ3) is 2.77. The Hall–Kier alpha value is 0.0700. The van der Waals surface area contributed by atoms with Crippen LogP contribution in [0.5, 0.6) is 0 Å². The van der Waals surface area contributed by atoms with Crippen LogP contribution in [0.25, 0.3) is 0 Å². The highest BCUT2D eigenvalue weighted by atomic mass is 79.9. The molecule has 0 aromatic rings. The molecule has 0 bridgehead atoms. The van der Waals surface area contributed by atoms with Gasteiger partial charge in [-0.3, -0.25) is 4.79 Å². The van der Waals surface area contributed by atoms with Crippen LogP contribution < -0.4 is 0 Å². The Morgan fingerprint density at radius 1 is 1.50 bits per heavy atom. The molecule has 0 amide bonds. The number of rotatable bonds is 4. The van der Waals surface area contributed by atoms with E-state index in [9.17, 15) is 4.79 Å². The average molecular weight is 209 g/mol. The van der Waals surface area contributed by atoms with Crippen molar-refractivity contribution in [1.82, 2.24) is 0 Å². The third-order valence-corrected chi connectivity index (χ3v) is 1.86. The molecule has 0 fully saturated rings. The van der Waals surface area contributed by atoms with Gasteiger partial charge < -0.3 is 9.47 Å². The maximum Gasteiger partial charge on any atom is 0.176 e. The number of carbonyl (C=O) groups excluding carboxylic acids is 1. The Balaban J connectivity index is 3.88. The molecule has 0 N–H and O–H groups in total. The second-order valence-corrected chi connectivity index (χ2v) is 2.63. The number of hydrogen-bond acceptors (Lipinski definition) is 3. The van der Waals surface area contributed by atoms with Crippen molar-refractivity contribution >= 4 is 21.7 Å². The van der Waals surface area contributed by atoms with Crippen LogP contribution >= 0.6 is 15.9 Å². The highest BCUT2D eigenvalue weighted by Crippen LogP contribution is 2.09. The minimum atomic E-state index is -0.613. The highest BCUT2D eigenvalue weighted by Gasteiger charge is 2.21. The number of ether oxygens (including phenoxy) is 2. The van der Waals surface area contributed by atoms with E-state index in [4.69, 9.17) is 16.4 Å². The molecule has 0 aliphatic heterocycles. The van der Waals surface area contributed by atoms with Crippen molar-refractivity contribution in [2.75, 3.05) is 14.2 Å². The predicted octanol–water partition coefficient (Wildman–Crippen LogP) is 0.649. The van der Waals surface area contributed by atoms with E-state index in [0.717, 1.165) is 0 Å². The van der Waals surface area contributed by atoms with Gasteiger partial charge in [0.2, 0.25) is 0 Å². The largest absolute Gasteiger partial charge is 0.354 e. The lowest BCUT2D eigenvalue weighted by atomic mass is 10.3. The second kappa shape index (κ2) is 4.82. The van der Waals surface area contributed by atoms with Crippen LogP contribution in [-0.2, 0) is 14.3 Å². The zero-order valence-corrected chi connectivity index (χ0v) is 7.42. The molecule has 10 heavy (non-hydrogen) atoms. The van der Waals surface area contributed by atoms with Crippen LogP contribution in [-0.4, -0.2) is 31.1 Å². The molecule has 58 valence electrons. The summed E-state index contributed by atoms with van der Waals surface area (Å²) in [5.74, 6) is -0.506. The average Bonchev–Trinajstić information content (AvgIpc) is 1.90. The van der Waals surface area contributed by atoms with Gasteiger partial charge in [-0.25, -0.2) is 0 Å². The fourth-order valence-electron chi connectivity index (χ4n) is 0.469. The van der Waals surface area contributed by atoms with Crippen molar-refractivity contribution in [2.45, 2.75) is 11.1 Å². The minimum absolute atomic E-state index is 0.506. The van der Waals surface area contributed by atoms with Crippen molar-refractivity contribution in [3.05, 3.63) is 6.92 Å². The lowest BCUT2D eigenvalue weighted by Crippen LogP contribution is -2.30. The summed E-state index contributed by atoms with van der Waals surface area (Å²) < 4.78 is 9.51. The van der Waals surface area contributed by atoms with Crippen molar-refractivity contribution in [3.8, 4) is 0 Å². The number of carbonyl (C=O) groups is 1. The van der Waals surface area contributed by atoms with Gasteiger partial charge in [0.25, 0.3) is 0 Å². The molecule has 2 radical (unpaired) electrons. The molecule has 0 aliphatic rings. The van der Waals surface area contributed by atoms with Gasteiger partial charge in [-0.1, -0.05) is 15.9 Å². The Morgan fingerprint density at radius 3 is 2.00 bits per heavy atom. The summed E-state index contributed by atoms with van der Waals surface area (Å²) >= 11 is 3.00. The SMILES string of the molecule is [CH]C(=O)C(Br)C(OC)OC. The molecule has 3 nitrogen and oxygen atoms in total. The molecular formula is C6H9BrO3. The standard InChI is InChI=1S/C6H9BrO3/c1-4(8)5(7)6(9-2)10-3/h1,5-6H,2-3H3. The van der Waals surface area contributed by atoms with Crippen molar-refractivity contribution in [3.63, 3.8) is 0 Å². The van der Waals surface area contributed by atoms with Crippen molar-refractivity contribution in [1.29, 1.82) is 0 Å². The lowest BCUT2D eigenvalue weighted by molar-refractivity contribution is -0.130. The zero-order chi connectivity index (χ0) is 8.15. The van der Waals surface area contributed by atoms with E-state index in [0.29, 0.717) is 0 Å². The fraction of sp³-hybridized carbons (Fsp3) is 0.667. The van der Waals surface area contributed by atoms with Gasteiger partial charge in [0.15, 0.2) is 12.1 Å². The Kier molecular flexibility index (Phi) is 4.85. The molecular weight excluding hydrogens is 200 g/mol.